The Bertz CT molecular complexity index is 665. The van der Waals surface area contributed by atoms with E-state index in [9.17, 15) is 4.79 Å². The largest absolute Gasteiger partial charge is 0.497 e. The molecule has 1 atom stereocenters. The van der Waals surface area contributed by atoms with E-state index in [2.05, 4.69) is 15.6 Å². The van der Waals surface area contributed by atoms with Crippen molar-refractivity contribution in [1.29, 1.82) is 0 Å². The van der Waals surface area contributed by atoms with Crippen LogP contribution in [-0.2, 0) is 4.74 Å². The summed E-state index contributed by atoms with van der Waals surface area (Å²) in [5, 5.41) is 6.07. The number of nitrogens with zero attached hydrogens (tertiary/aromatic N) is 1. The monoisotopic (exact) mass is 327 g/mol. The van der Waals surface area contributed by atoms with E-state index in [1.54, 1.807) is 43.6 Å². The number of carbonyl (C=O) groups is 1. The number of hydrogen-bond acceptors (Lipinski definition) is 5. The highest BCUT2D eigenvalue weighted by Gasteiger charge is 2.14. The Hall–Kier alpha value is -2.60. The SMILES string of the molecule is COc1ccc(C(=O)Nc2ccc(NCC3CCCO3)cn2)cc1. The minimum atomic E-state index is -0.204. The maximum Gasteiger partial charge on any atom is 0.256 e. The fourth-order valence-electron chi connectivity index (χ4n) is 2.54. The molecule has 1 aliphatic heterocycles. The molecular weight excluding hydrogens is 306 g/mol. The maximum absolute atomic E-state index is 12.2. The van der Waals surface area contributed by atoms with Crippen LogP contribution in [0.1, 0.15) is 23.2 Å². The summed E-state index contributed by atoms with van der Waals surface area (Å²) in [5.74, 6) is 1.02. The van der Waals surface area contributed by atoms with Crippen molar-refractivity contribution in [1.82, 2.24) is 4.98 Å². The lowest BCUT2D eigenvalue weighted by Gasteiger charge is -2.12. The smallest absolute Gasteiger partial charge is 0.256 e. The van der Waals surface area contributed by atoms with Crippen molar-refractivity contribution in [3.63, 3.8) is 0 Å². The molecular formula is C18H21N3O3. The zero-order valence-electron chi connectivity index (χ0n) is 13.6. The van der Waals surface area contributed by atoms with Crippen molar-refractivity contribution < 1.29 is 14.3 Å². The summed E-state index contributed by atoms with van der Waals surface area (Å²) < 4.78 is 10.6. The minimum Gasteiger partial charge on any atom is -0.497 e. The third-order valence-corrected chi connectivity index (χ3v) is 3.92. The van der Waals surface area contributed by atoms with Crippen LogP contribution < -0.4 is 15.4 Å². The molecule has 3 rings (SSSR count). The van der Waals surface area contributed by atoms with Crippen molar-refractivity contribution in [3.8, 4) is 5.75 Å². The number of ether oxygens (including phenoxy) is 2. The molecule has 1 saturated heterocycles. The minimum absolute atomic E-state index is 0.204. The van der Waals surface area contributed by atoms with Crippen LogP contribution in [0, 0.1) is 0 Å². The summed E-state index contributed by atoms with van der Waals surface area (Å²) >= 11 is 0. The highest BCUT2D eigenvalue weighted by molar-refractivity contribution is 6.03. The quantitative estimate of drug-likeness (QED) is 0.853. The van der Waals surface area contributed by atoms with Gasteiger partial charge in [-0.05, 0) is 49.2 Å². The summed E-state index contributed by atoms with van der Waals surface area (Å²) in [7, 11) is 1.59. The number of hydrogen-bond donors (Lipinski definition) is 2. The summed E-state index contributed by atoms with van der Waals surface area (Å²) in [4.78, 5) is 16.4. The number of methoxy groups -OCH3 is 1. The fraction of sp³-hybridized carbons (Fsp3) is 0.333. The first kappa shape index (κ1) is 16.3. The molecule has 1 amide bonds. The molecule has 0 radical (unpaired) electrons. The number of pyridine rings is 1. The van der Waals surface area contributed by atoms with Crippen LogP contribution in [0.2, 0.25) is 0 Å². The fourth-order valence-corrected chi connectivity index (χ4v) is 2.54. The van der Waals surface area contributed by atoms with Gasteiger partial charge in [0.2, 0.25) is 0 Å². The third kappa shape index (κ3) is 4.23. The second-order valence-corrected chi connectivity index (χ2v) is 5.63. The zero-order valence-corrected chi connectivity index (χ0v) is 13.6. The predicted octanol–water partition coefficient (Wildman–Crippen LogP) is 2.93. The molecule has 1 fully saturated rings. The number of amides is 1. The van der Waals surface area contributed by atoms with Crippen molar-refractivity contribution in [3.05, 3.63) is 48.2 Å². The van der Waals surface area contributed by atoms with E-state index in [1.165, 1.54) is 0 Å². The topological polar surface area (TPSA) is 72.5 Å². The van der Waals surface area contributed by atoms with Crippen LogP contribution in [0.4, 0.5) is 11.5 Å². The Labute approximate surface area is 141 Å². The maximum atomic E-state index is 12.2. The zero-order chi connectivity index (χ0) is 16.8. The van der Waals surface area contributed by atoms with E-state index in [1.807, 2.05) is 6.07 Å². The molecule has 0 spiro atoms. The molecule has 1 aromatic heterocycles. The van der Waals surface area contributed by atoms with Crippen molar-refractivity contribution in [2.24, 2.45) is 0 Å². The van der Waals surface area contributed by atoms with Crippen LogP contribution in [0.15, 0.2) is 42.6 Å². The van der Waals surface area contributed by atoms with Crippen molar-refractivity contribution >= 4 is 17.4 Å². The Morgan fingerprint density at radius 3 is 2.75 bits per heavy atom. The molecule has 1 aromatic carbocycles. The Morgan fingerprint density at radius 1 is 1.29 bits per heavy atom. The van der Waals surface area contributed by atoms with Crippen LogP contribution in [-0.4, -0.2) is 37.3 Å². The van der Waals surface area contributed by atoms with E-state index >= 15 is 0 Å². The number of aromatic nitrogens is 1. The Kier molecular flexibility index (Phi) is 5.28. The molecule has 2 N–H and O–H groups in total. The molecule has 0 bridgehead atoms. The van der Waals surface area contributed by atoms with Crippen LogP contribution in [0.3, 0.4) is 0 Å². The van der Waals surface area contributed by atoms with Gasteiger partial charge in [-0.3, -0.25) is 4.79 Å². The van der Waals surface area contributed by atoms with Crippen LogP contribution in [0.25, 0.3) is 0 Å². The van der Waals surface area contributed by atoms with Crippen molar-refractivity contribution in [2.75, 3.05) is 30.9 Å². The van der Waals surface area contributed by atoms with Gasteiger partial charge in [-0.2, -0.15) is 0 Å². The first-order valence-corrected chi connectivity index (χ1v) is 8.01. The van der Waals surface area contributed by atoms with Gasteiger partial charge in [0, 0.05) is 18.7 Å². The third-order valence-electron chi connectivity index (χ3n) is 3.92. The number of benzene rings is 1. The number of rotatable bonds is 6. The van der Waals surface area contributed by atoms with Gasteiger partial charge in [0.15, 0.2) is 0 Å². The molecule has 1 unspecified atom stereocenters. The summed E-state index contributed by atoms with van der Waals surface area (Å²) in [6, 6.07) is 10.6. The molecule has 6 heteroatoms. The number of anilines is 2. The molecule has 2 aromatic rings. The van der Waals surface area contributed by atoms with Gasteiger partial charge in [-0.25, -0.2) is 4.98 Å². The number of nitrogens with one attached hydrogen (secondary N) is 2. The highest BCUT2D eigenvalue weighted by atomic mass is 16.5. The van der Waals surface area contributed by atoms with Gasteiger partial charge in [-0.15, -0.1) is 0 Å². The van der Waals surface area contributed by atoms with Crippen LogP contribution in [0.5, 0.6) is 5.75 Å². The predicted molar refractivity (Wildman–Crippen MR) is 92.6 cm³/mol. The Morgan fingerprint density at radius 2 is 2.12 bits per heavy atom. The van der Waals surface area contributed by atoms with E-state index in [4.69, 9.17) is 9.47 Å². The van der Waals surface area contributed by atoms with Gasteiger partial charge in [0.05, 0.1) is 25.1 Å². The second kappa shape index (κ2) is 7.79. The average Bonchev–Trinajstić information content (AvgIpc) is 3.15. The standard InChI is InChI=1S/C18H21N3O3/c1-23-15-7-4-13(5-8-15)18(22)21-17-9-6-14(11-20-17)19-12-16-3-2-10-24-16/h4-9,11,16,19H,2-3,10,12H2,1H3,(H,20,21,22). The lowest BCUT2D eigenvalue weighted by Crippen LogP contribution is -2.18. The van der Waals surface area contributed by atoms with E-state index in [0.29, 0.717) is 17.1 Å². The van der Waals surface area contributed by atoms with Gasteiger partial charge < -0.3 is 20.1 Å². The molecule has 6 nitrogen and oxygen atoms in total. The van der Waals surface area contributed by atoms with E-state index < -0.39 is 0 Å². The second-order valence-electron chi connectivity index (χ2n) is 5.63. The summed E-state index contributed by atoms with van der Waals surface area (Å²) in [6.07, 6.45) is 4.20. The van der Waals surface area contributed by atoms with Crippen molar-refractivity contribution in [2.45, 2.75) is 18.9 Å². The normalized spacial score (nSPS) is 16.6. The van der Waals surface area contributed by atoms with Gasteiger partial charge >= 0.3 is 0 Å². The highest BCUT2D eigenvalue weighted by Crippen LogP contribution is 2.16. The van der Waals surface area contributed by atoms with Gasteiger partial charge in [0.25, 0.3) is 5.91 Å². The first-order valence-electron chi connectivity index (χ1n) is 8.01. The first-order chi connectivity index (χ1) is 11.7. The van der Waals surface area contributed by atoms with E-state index in [0.717, 1.165) is 31.7 Å². The average molecular weight is 327 g/mol. The van der Waals surface area contributed by atoms with E-state index in [-0.39, 0.29) is 12.0 Å². The van der Waals surface area contributed by atoms with Gasteiger partial charge in [0.1, 0.15) is 11.6 Å². The molecule has 0 aliphatic carbocycles. The molecule has 0 saturated carbocycles. The molecule has 24 heavy (non-hydrogen) atoms. The van der Waals surface area contributed by atoms with Gasteiger partial charge in [-0.1, -0.05) is 0 Å². The molecule has 2 heterocycles. The summed E-state index contributed by atoms with van der Waals surface area (Å²) in [5.41, 5.74) is 1.46. The molecule has 126 valence electrons. The van der Waals surface area contributed by atoms with Crippen LogP contribution >= 0.6 is 0 Å². The number of carbonyl (C=O) groups excluding carboxylic acids is 1. The molecule has 1 aliphatic rings. The lowest BCUT2D eigenvalue weighted by atomic mass is 10.2. The lowest BCUT2D eigenvalue weighted by molar-refractivity contribution is 0.102. The summed E-state index contributed by atoms with van der Waals surface area (Å²) in [6.45, 7) is 1.63. The Balaban J connectivity index is 1.53.